The Morgan fingerprint density at radius 1 is 1.31 bits per heavy atom. The van der Waals surface area contributed by atoms with E-state index >= 15 is 0 Å². The van der Waals surface area contributed by atoms with Crippen molar-refractivity contribution in [3.63, 3.8) is 0 Å². The van der Waals surface area contributed by atoms with Crippen molar-refractivity contribution >= 4 is 5.91 Å². The van der Waals surface area contributed by atoms with Gasteiger partial charge < -0.3 is 10.0 Å². The van der Waals surface area contributed by atoms with E-state index < -0.39 is 0 Å². The molecule has 92 valence electrons. The zero-order chi connectivity index (χ0) is 12.2. The highest BCUT2D eigenvalue weighted by atomic mass is 16.3. The molecule has 16 heavy (non-hydrogen) atoms. The summed E-state index contributed by atoms with van der Waals surface area (Å²) in [5.74, 6) is 2.70. The van der Waals surface area contributed by atoms with Crippen molar-refractivity contribution in [3.05, 3.63) is 0 Å². The maximum Gasteiger partial charge on any atom is 0.222 e. The average molecular weight is 225 g/mol. The number of rotatable bonds is 9. The number of carbonyl (C=O) groups excluding carboxylic acids is 1. The number of terminal acetylenes is 1. The van der Waals surface area contributed by atoms with Gasteiger partial charge in [0.15, 0.2) is 0 Å². The standard InChI is InChI=1S/C13H23NO2/c1-3-5-7-8-9-13(16)14(11-12-15)10-6-4-2/h1,15H,4-12H2,2H3. The van der Waals surface area contributed by atoms with E-state index in [0.717, 1.165) is 38.6 Å². The molecule has 0 unspecified atom stereocenters. The minimum Gasteiger partial charge on any atom is -0.395 e. The van der Waals surface area contributed by atoms with Crippen LogP contribution in [-0.4, -0.2) is 35.6 Å². The molecule has 0 radical (unpaired) electrons. The highest BCUT2D eigenvalue weighted by Gasteiger charge is 2.11. The van der Waals surface area contributed by atoms with Crippen LogP contribution in [0.25, 0.3) is 0 Å². The molecule has 0 heterocycles. The van der Waals surface area contributed by atoms with E-state index in [-0.39, 0.29) is 12.5 Å². The maximum atomic E-state index is 11.8. The Morgan fingerprint density at radius 2 is 2.06 bits per heavy atom. The molecule has 0 fully saturated rings. The SMILES string of the molecule is C#CCCCCC(=O)N(CCO)CCCC. The predicted octanol–water partition coefficient (Wildman–Crippen LogP) is 1.80. The minimum atomic E-state index is 0.0415. The summed E-state index contributed by atoms with van der Waals surface area (Å²) >= 11 is 0. The Labute approximate surface area is 98.8 Å². The van der Waals surface area contributed by atoms with Crippen molar-refractivity contribution in [2.75, 3.05) is 19.7 Å². The molecule has 0 aromatic heterocycles. The number of amides is 1. The Hall–Kier alpha value is -1.01. The molecule has 0 aromatic carbocycles. The number of hydrogen-bond donors (Lipinski definition) is 1. The van der Waals surface area contributed by atoms with Gasteiger partial charge in [0.1, 0.15) is 0 Å². The third-order valence-electron chi connectivity index (χ3n) is 2.47. The van der Waals surface area contributed by atoms with E-state index in [1.165, 1.54) is 0 Å². The lowest BCUT2D eigenvalue weighted by Gasteiger charge is -2.21. The molecule has 0 aliphatic carbocycles. The van der Waals surface area contributed by atoms with Gasteiger partial charge in [0.2, 0.25) is 5.91 Å². The van der Waals surface area contributed by atoms with Gasteiger partial charge in [-0.25, -0.2) is 0 Å². The molecular weight excluding hydrogens is 202 g/mol. The van der Waals surface area contributed by atoms with Crippen LogP contribution in [0.1, 0.15) is 45.4 Å². The first-order chi connectivity index (χ1) is 7.76. The van der Waals surface area contributed by atoms with E-state index in [1.54, 1.807) is 4.90 Å². The summed E-state index contributed by atoms with van der Waals surface area (Å²) in [5.41, 5.74) is 0. The predicted molar refractivity (Wildman–Crippen MR) is 65.9 cm³/mol. The van der Waals surface area contributed by atoms with Crippen molar-refractivity contribution in [1.82, 2.24) is 4.90 Å². The van der Waals surface area contributed by atoms with Gasteiger partial charge in [-0.2, -0.15) is 0 Å². The molecule has 1 N–H and O–H groups in total. The molecule has 3 heteroatoms. The smallest absolute Gasteiger partial charge is 0.222 e. The first-order valence-electron chi connectivity index (χ1n) is 6.08. The quantitative estimate of drug-likeness (QED) is 0.480. The highest BCUT2D eigenvalue weighted by molar-refractivity contribution is 5.76. The molecule has 0 atom stereocenters. The number of nitrogens with zero attached hydrogens (tertiary/aromatic N) is 1. The fourth-order valence-electron chi connectivity index (χ4n) is 1.49. The molecule has 0 bridgehead atoms. The number of aliphatic hydroxyl groups is 1. The van der Waals surface area contributed by atoms with Gasteiger partial charge in [-0.15, -0.1) is 12.3 Å². The Kier molecular flexibility index (Phi) is 9.84. The molecule has 0 saturated carbocycles. The summed E-state index contributed by atoms with van der Waals surface area (Å²) in [6, 6.07) is 0. The fourth-order valence-corrected chi connectivity index (χ4v) is 1.49. The zero-order valence-corrected chi connectivity index (χ0v) is 10.2. The van der Waals surface area contributed by atoms with Crippen LogP contribution in [0, 0.1) is 12.3 Å². The molecule has 0 spiro atoms. The first-order valence-corrected chi connectivity index (χ1v) is 6.08. The summed E-state index contributed by atoms with van der Waals surface area (Å²) in [6.45, 7) is 3.34. The Morgan fingerprint density at radius 3 is 2.62 bits per heavy atom. The molecule has 0 aliphatic rings. The van der Waals surface area contributed by atoms with Crippen LogP contribution in [0.2, 0.25) is 0 Å². The second kappa shape index (κ2) is 10.5. The van der Waals surface area contributed by atoms with Gasteiger partial charge in [-0.1, -0.05) is 13.3 Å². The summed E-state index contributed by atoms with van der Waals surface area (Å²) in [4.78, 5) is 13.5. The van der Waals surface area contributed by atoms with Crippen molar-refractivity contribution in [2.45, 2.75) is 45.4 Å². The third-order valence-corrected chi connectivity index (χ3v) is 2.47. The lowest BCUT2D eigenvalue weighted by molar-refractivity contribution is -0.131. The Balaban J connectivity index is 3.82. The van der Waals surface area contributed by atoms with E-state index in [1.807, 2.05) is 0 Å². The summed E-state index contributed by atoms with van der Waals surface area (Å²) in [5, 5.41) is 8.87. The van der Waals surface area contributed by atoms with Crippen molar-refractivity contribution in [1.29, 1.82) is 0 Å². The van der Waals surface area contributed by atoms with E-state index in [9.17, 15) is 4.79 Å². The number of hydrogen-bond acceptors (Lipinski definition) is 2. The van der Waals surface area contributed by atoms with Gasteiger partial charge >= 0.3 is 0 Å². The first kappa shape index (κ1) is 15.0. The molecule has 0 rings (SSSR count). The van der Waals surface area contributed by atoms with Gasteiger partial charge in [-0.05, 0) is 19.3 Å². The third kappa shape index (κ3) is 7.30. The number of carbonyl (C=O) groups is 1. The molecule has 0 saturated heterocycles. The van der Waals surface area contributed by atoms with Crippen LogP contribution in [0.4, 0.5) is 0 Å². The van der Waals surface area contributed by atoms with Crippen molar-refractivity contribution < 1.29 is 9.90 Å². The van der Waals surface area contributed by atoms with Crippen molar-refractivity contribution in [2.24, 2.45) is 0 Å². The lowest BCUT2D eigenvalue weighted by Crippen LogP contribution is -2.34. The van der Waals surface area contributed by atoms with Crippen LogP contribution in [0.5, 0.6) is 0 Å². The molecular formula is C13H23NO2. The second-order valence-electron chi connectivity index (χ2n) is 3.87. The summed E-state index contributed by atoms with van der Waals surface area (Å²) in [7, 11) is 0. The molecule has 1 amide bonds. The minimum absolute atomic E-state index is 0.0415. The van der Waals surface area contributed by atoms with Crippen LogP contribution in [0.15, 0.2) is 0 Å². The van der Waals surface area contributed by atoms with Crippen molar-refractivity contribution in [3.8, 4) is 12.3 Å². The van der Waals surface area contributed by atoms with Gasteiger partial charge in [-0.3, -0.25) is 4.79 Å². The van der Waals surface area contributed by atoms with Crippen LogP contribution >= 0.6 is 0 Å². The lowest BCUT2D eigenvalue weighted by atomic mass is 10.2. The maximum absolute atomic E-state index is 11.8. The molecule has 3 nitrogen and oxygen atoms in total. The second-order valence-corrected chi connectivity index (χ2v) is 3.87. The highest BCUT2D eigenvalue weighted by Crippen LogP contribution is 2.04. The van der Waals surface area contributed by atoms with E-state index in [0.29, 0.717) is 13.0 Å². The Bertz CT molecular complexity index is 220. The van der Waals surface area contributed by atoms with Crippen LogP contribution in [0.3, 0.4) is 0 Å². The summed E-state index contributed by atoms with van der Waals surface area (Å²) in [6.07, 6.45) is 10.2. The van der Waals surface area contributed by atoms with E-state index in [4.69, 9.17) is 11.5 Å². The number of unbranched alkanes of at least 4 members (excludes halogenated alkanes) is 3. The topological polar surface area (TPSA) is 40.5 Å². The summed E-state index contributed by atoms with van der Waals surface area (Å²) < 4.78 is 0. The van der Waals surface area contributed by atoms with Crippen LogP contribution < -0.4 is 0 Å². The normalized spacial score (nSPS) is 9.81. The average Bonchev–Trinajstić information content (AvgIpc) is 2.29. The van der Waals surface area contributed by atoms with Gasteiger partial charge in [0.05, 0.1) is 6.61 Å². The van der Waals surface area contributed by atoms with Gasteiger partial charge in [0.25, 0.3) is 0 Å². The van der Waals surface area contributed by atoms with E-state index in [2.05, 4.69) is 12.8 Å². The zero-order valence-electron chi connectivity index (χ0n) is 10.2. The largest absolute Gasteiger partial charge is 0.395 e. The molecule has 0 aliphatic heterocycles. The van der Waals surface area contributed by atoms with Crippen LogP contribution in [-0.2, 0) is 4.79 Å². The molecule has 0 aromatic rings. The number of aliphatic hydroxyl groups excluding tert-OH is 1. The monoisotopic (exact) mass is 225 g/mol. The van der Waals surface area contributed by atoms with Gasteiger partial charge in [0, 0.05) is 25.9 Å². The fraction of sp³-hybridized carbons (Fsp3) is 0.769.